The maximum atomic E-state index is 9.56. The average molecular weight is 608 g/mol. The van der Waals surface area contributed by atoms with Crippen molar-refractivity contribution in [2.45, 2.75) is 29.1 Å². The maximum absolute atomic E-state index is 9.56. The Balaban J connectivity index is 1.23. The monoisotopic (exact) mass is 607 g/mol. The first kappa shape index (κ1) is 28.0. The summed E-state index contributed by atoms with van der Waals surface area (Å²) in [5.74, 6) is 0.703. The zero-order valence-corrected chi connectivity index (χ0v) is 26.3. The molecular formula is C42H29N3S. The predicted molar refractivity (Wildman–Crippen MR) is 189 cm³/mol. The molecule has 0 unspecified atom stereocenters. The van der Waals surface area contributed by atoms with E-state index in [9.17, 15) is 5.26 Å². The third-order valence-electron chi connectivity index (χ3n) is 8.95. The Bertz CT molecular complexity index is 2330. The van der Waals surface area contributed by atoms with Gasteiger partial charge in [0.2, 0.25) is 0 Å². The lowest BCUT2D eigenvalue weighted by molar-refractivity contribution is 0.607. The largest absolute Gasteiger partial charge is 0.228 e. The zero-order valence-electron chi connectivity index (χ0n) is 25.5. The molecular weight excluding hydrogens is 579 g/mol. The van der Waals surface area contributed by atoms with Crippen LogP contribution in [0.15, 0.2) is 149 Å². The number of aromatic nitrogens is 2. The first-order valence-electron chi connectivity index (χ1n) is 15.4. The summed E-state index contributed by atoms with van der Waals surface area (Å²) in [5, 5.41) is 11.9. The van der Waals surface area contributed by atoms with Crippen molar-refractivity contribution in [2.24, 2.45) is 0 Å². The highest BCUT2D eigenvalue weighted by Crippen LogP contribution is 2.50. The summed E-state index contributed by atoms with van der Waals surface area (Å²) in [6, 6.07) is 51.0. The van der Waals surface area contributed by atoms with E-state index in [1.807, 2.05) is 30.3 Å². The SMILES string of the molecule is CC1(C)c2cc(C#N)ccc2Sc2ccc(-c3cccc(-c4cc(-c5ccc6ccccc6c5)nc(-c5ccccc5)n4)c3)cc21. The number of nitriles is 1. The molecule has 0 bridgehead atoms. The lowest BCUT2D eigenvalue weighted by Crippen LogP contribution is -2.24. The van der Waals surface area contributed by atoms with E-state index in [4.69, 9.17) is 9.97 Å². The third kappa shape index (κ3) is 4.96. The van der Waals surface area contributed by atoms with Gasteiger partial charge < -0.3 is 0 Å². The first-order chi connectivity index (χ1) is 22.5. The Kier molecular flexibility index (Phi) is 6.78. The number of nitrogens with zero attached hydrogens (tertiary/aromatic N) is 3. The lowest BCUT2D eigenvalue weighted by Gasteiger charge is -2.35. The van der Waals surface area contributed by atoms with E-state index in [0.717, 1.165) is 39.2 Å². The molecule has 8 rings (SSSR count). The normalized spacial score (nSPS) is 13.1. The molecule has 0 atom stereocenters. The lowest BCUT2D eigenvalue weighted by atomic mass is 9.76. The van der Waals surface area contributed by atoms with E-state index >= 15 is 0 Å². The van der Waals surface area contributed by atoms with Crippen LogP contribution in [0, 0.1) is 11.3 Å². The Morgan fingerprint density at radius 1 is 0.522 bits per heavy atom. The predicted octanol–water partition coefficient (Wildman–Crippen LogP) is 11.0. The van der Waals surface area contributed by atoms with Gasteiger partial charge in [0.05, 0.1) is 23.0 Å². The summed E-state index contributed by atoms with van der Waals surface area (Å²) >= 11 is 1.78. The number of hydrogen-bond acceptors (Lipinski definition) is 4. The fourth-order valence-electron chi connectivity index (χ4n) is 6.39. The molecule has 0 fully saturated rings. The highest BCUT2D eigenvalue weighted by molar-refractivity contribution is 7.99. The molecule has 46 heavy (non-hydrogen) atoms. The fourth-order valence-corrected chi connectivity index (χ4v) is 7.75. The molecule has 218 valence electrons. The van der Waals surface area contributed by atoms with E-state index in [1.165, 1.54) is 31.7 Å². The van der Waals surface area contributed by atoms with Gasteiger partial charge in [-0.05, 0) is 81.6 Å². The third-order valence-corrected chi connectivity index (χ3v) is 10.1. The van der Waals surface area contributed by atoms with Gasteiger partial charge in [-0.3, -0.25) is 0 Å². The summed E-state index contributed by atoms with van der Waals surface area (Å²) in [7, 11) is 0. The highest BCUT2D eigenvalue weighted by atomic mass is 32.2. The number of benzene rings is 6. The summed E-state index contributed by atoms with van der Waals surface area (Å²) in [6.45, 7) is 4.51. The van der Waals surface area contributed by atoms with Crippen LogP contribution in [-0.2, 0) is 5.41 Å². The van der Waals surface area contributed by atoms with Crippen molar-refractivity contribution < 1.29 is 0 Å². The van der Waals surface area contributed by atoms with Gasteiger partial charge in [-0.2, -0.15) is 5.26 Å². The van der Waals surface area contributed by atoms with Crippen LogP contribution in [0.4, 0.5) is 0 Å². The molecule has 3 nitrogen and oxygen atoms in total. The molecule has 7 aromatic rings. The summed E-state index contributed by atoms with van der Waals surface area (Å²) < 4.78 is 0. The van der Waals surface area contributed by atoms with Gasteiger partial charge >= 0.3 is 0 Å². The highest BCUT2D eigenvalue weighted by Gasteiger charge is 2.33. The fraction of sp³-hybridized carbons (Fsp3) is 0.0714. The molecule has 0 aliphatic carbocycles. The summed E-state index contributed by atoms with van der Waals surface area (Å²) in [6.07, 6.45) is 0. The van der Waals surface area contributed by atoms with Crippen LogP contribution in [0.3, 0.4) is 0 Å². The second-order valence-corrected chi connectivity index (χ2v) is 13.3. The van der Waals surface area contributed by atoms with Crippen LogP contribution in [0.25, 0.3) is 55.8 Å². The van der Waals surface area contributed by atoms with Crippen molar-refractivity contribution in [3.8, 4) is 51.1 Å². The Hall–Kier alpha value is -5.50. The summed E-state index contributed by atoms with van der Waals surface area (Å²) in [5.41, 5.74) is 10.1. The Labute approximate surface area is 273 Å². The van der Waals surface area contributed by atoms with Crippen molar-refractivity contribution in [1.29, 1.82) is 5.26 Å². The van der Waals surface area contributed by atoms with Crippen molar-refractivity contribution >= 4 is 22.5 Å². The quantitative estimate of drug-likeness (QED) is 0.200. The minimum atomic E-state index is -0.234. The summed E-state index contributed by atoms with van der Waals surface area (Å²) in [4.78, 5) is 12.6. The molecule has 0 N–H and O–H groups in total. The molecule has 0 spiro atoms. The number of rotatable bonds is 4. The van der Waals surface area contributed by atoms with E-state index in [1.54, 1.807) is 11.8 Å². The van der Waals surface area contributed by atoms with Crippen LogP contribution in [0.2, 0.25) is 0 Å². The number of hydrogen-bond donors (Lipinski definition) is 0. The Morgan fingerprint density at radius 2 is 1.13 bits per heavy atom. The molecule has 0 amide bonds. The van der Waals surface area contributed by atoms with Crippen molar-refractivity contribution in [2.75, 3.05) is 0 Å². The molecule has 1 aromatic heterocycles. The van der Waals surface area contributed by atoms with Gasteiger partial charge in [0.1, 0.15) is 0 Å². The van der Waals surface area contributed by atoms with Crippen molar-refractivity contribution in [3.63, 3.8) is 0 Å². The van der Waals surface area contributed by atoms with E-state index < -0.39 is 0 Å². The molecule has 1 aliphatic rings. The standard InChI is InChI=1S/C42H29N3S/c1-42(2)35-21-27(26-43)15-19-39(35)46-40-20-18-32(24-36(40)42)31-13-8-14-33(23-31)37-25-38(45-41(44-37)29-10-4-3-5-11-29)34-17-16-28-9-6-7-12-30(28)22-34/h3-25H,1-2H3. The second kappa shape index (κ2) is 11.1. The second-order valence-electron chi connectivity index (χ2n) is 12.2. The molecule has 4 heteroatoms. The van der Waals surface area contributed by atoms with Gasteiger partial charge in [-0.25, -0.2) is 9.97 Å². The van der Waals surface area contributed by atoms with E-state index in [2.05, 4.69) is 129 Å². The van der Waals surface area contributed by atoms with Crippen LogP contribution in [0.5, 0.6) is 0 Å². The van der Waals surface area contributed by atoms with Crippen LogP contribution in [0.1, 0.15) is 30.5 Å². The van der Waals surface area contributed by atoms with Gasteiger partial charge in [0.25, 0.3) is 0 Å². The first-order valence-corrected chi connectivity index (χ1v) is 16.2. The molecule has 6 aromatic carbocycles. The molecule has 0 radical (unpaired) electrons. The van der Waals surface area contributed by atoms with Gasteiger partial charge in [0, 0.05) is 31.9 Å². The topological polar surface area (TPSA) is 49.6 Å². The minimum absolute atomic E-state index is 0.234. The molecule has 0 saturated heterocycles. The molecule has 2 heterocycles. The van der Waals surface area contributed by atoms with Crippen molar-refractivity contribution in [3.05, 3.63) is 156 Å². The van der Waals surface area contributed by atoms with Crippen LogP contribution >= 0.6 is 11.8 Å². The van der Waals surface area contributed by atoms with Gasteiger partial charge in [0.15, 0.2) is 5.82 Å². The van der Waals surface area contributed by atoms with Crippen LogP contribution < -0.4 is 0 Å². The minimum Gasteiger partial charge on any atom is -0.228 e. The van der Waals surface area contributed by atoms with Gasteiger partial charge in [-0.1, -0.05) is 117 Å². The van der Waals surface area contributed by atoms with Crippen molar-refractivity contribution in [1.82, 2.24) is 9.97 Å². The zero-order chi connectivity index (χ0) is 31.3. The maximum Gasteiger partial charge on any atom is 0.160 e. The van der Waals surface area contributed by atoms with Crippen LogP contribution in [-0.4, -0.2) is 9.97 Å². The molecule has 1 aliphatic heterocycles. The number of fused-ring (bicyclic) bond motifs is 3. The van der Waals surface area contributed by atoms with Gasteiger partial charge in [-0.15, -0.1) is 0 Å². The smallest absolute Gasteiger partial charge is 0.160 e. The van der Waals surface area contributed by atoms with E-state index in [-0.39, 0.29) is 5.41 Å². The molecule has 0 saturated carbocycles. The van der Waals surface area contributed by atoms with E-state index in [0.29, 0.717) is 11.4 Å². The Morgan fingerprint density at radius 3 is 1.91 bits per heavy atom. The average Bonchev–Trinajstić information content (AvgIpc) is 3.11.